The van der Waals surface area contributed by atoms with E-state index in [-0.39, 0.29) is 19.3 Å². The highest BCUT2D eigenvalue weighted by Crippen LogP contribution is 2.20. The molecule has 0 radical (unpaired) electrons. The summed E-state index contributed by atoms with van der Waals surface area (Å²) < 4.78 is 0. The van der Waals surface area contributed by atoms with Crippen LogP contribution in [0.2, 0.25) is 0 Å². The Morgan fingerprint density at radius 2 is 1.89 bits per heavy atom. The number of amides is 3. The highest BCUT2D eigenvalue weighted by molar-refractivity contribution is 5.94. The molecular weight excluding hydrogens is 470 g/mol. The van der Waals surface area contributed by atoms with Gasteiger partial charge < -0.3 is 36.5 Å². The van der Waals surface area contributed by atoms with Crippen LogP contribution in [0.1, 0.15) is 38.2 Å². The zero-order valence-corrected chi connectivity index (χ0v) is 19.9. The Kier molecular flexibility index (Phi) is 8.64. The van der Waals surface area contributed by atoms with Gasteiger partial charge in [-0.25, -0.2) is 4.79 Å². The van der Waals surface area contributed by atoms with Crippen LogP contribution in [0.15, 0.2) is 30.5 Å². The molecule has 0 aliphatic carbocycles. The average Bonchev–Trinajstić information content (AvgIpc) is 3.49. The number of aromatic amines is 1. The Labute approximate surface area is 207 Å². The lowest BCUT2D eigenvalue weighted by Crippen LogP contribution is -2.56. The molecule has 194 valence electrons. The second-order valence-corrected chi connectivity index (χ2v) is 8.92. The van der Waals surface area contributed by atoms with E-state index in [0.29, 0.717) is 19.4 Å². The third kappa shape index (κ3) is 6.39. The van der Waals surface area contributed by atoms with E-state index >= 15 is 0 Å². The van der Waals surface area contributed by atoms with Gasteiger partial charge in [-0.2, -0.15) is 0 Å². The summed E-state index contributed by atoms with van der Waals surface area (Å²) in [6, 6.07) is 3.25. The second kappa shape index (κ2) is 11.7. The number of carboxylic acid groups (broad SMARTS) is 2. The van der Waals surface area contributed by atoms with Gasteiger partial charge in [0.1, 0.15) is 18.1 Å². The van der Waals surface area contributed by atoms with Gasteiger partial charge in [0.15, 0.2) is 0 Å². The third-order valence-electron chi connectivity index (χ3n) is 6.29. The predicted molar refractivity (Wildman–Crippen MR) is 129 cm³/mol. The highest BCUT2D eigenvalue weighted by Gasteiger charge is 2.37. The fraction of sp³-hybridized carbons (Fsp3) is 0.458. The Bertz CT molecular complexity index is 1150. The van der Waals surface area contributed by atoms with Gasteiger partial charge in [-0.15, -0.1) is 0 Å². The minimum atomic E-state index is -1.21. The SMILES string of the molecule is CC(NC(=O)C1CCCN1C(=O)C(N)CCC(=O)O)C(=O)NC(Cc1c[nH]c2ccccc12)C(=O)O. The lowest BCUT2D eigenvalue weighted by molar-refractivity contribution is -0.143. The molecule has 1 aliphatic rings. The smallest absolute Gasteiger partial charge is 0.326 e. The largest absolute Gasteiger partial charge is 0.481 e. The topological polar surface area (TPSA) is 195 Å². The number of aromatic nitrogens is 1. The Morgan fingerprint density at radius 3 is 2.58 bits per heavy atom. The summed E-state index contributed by atoms with van der Waals surface area (Å²) in [7, 11) is 0. The van der Waals surface area contributed by atoms with Crippen molar-refractivity contribution in [3.63, 3.8) is 0 Å². The molecule has 1 aromatic carbocycles. The number of hydrogen-bond acceptors (Lipinski definition) is 6. The zero-order chi connectivity index (χ0) is 26.4. The third-order valence-corrected chi connectivity index (χ3v) is 6.29. The molecule has 1 aromatic heterocycles. The van der Waals surface area contributed by atoms with Gasteiger partial charge in [0.25, 0.3) is 0 Å². The summed E-state index contributed by atoms with van der Waals surface area (Å²) >= 11 is 0. The van der Waals surface area contributed by atoms with Gasteiger partial charge in [-0.05, 0) is 37.8 Å². The number of para-hydroxylation sites is 1. The lowest BCUT2D eigenvalue weighted by atomic mass is 10.0. The number of fused-ring (bicyclic) bond motifs is 1. The van der Waals surface area contributed by atoms with E-state index in [0.717, 1.165) is 16.5 Å². The Morgan fingerprint density at radius 1 is 1.17 bits per heavy atom. The fourth-order valence-corrected chi connectivity index (χ4v) is 4.31. The fourth-order valence-electron chi connectivity index (χ4n) is 4.31. The van der Waals surface area contributed by atoms with Crippen molar-refractivity contribution in [2.45, 2.75) is 63.2 Å². The summed E-state index contributed by atoms with van der Waals surface area (Å²) in [5.74, 6) is -4.04. The first-order valence-electron chi connectivity index (χ1n) is 11.7. The van der Waals surface area contributed by atoms with Crippen LogP contribution >= 0.6 is 0 Å². The van der Waals surface area contributed by atoms with Crippen LogP contribution in [-0.2, 0) is 30.4 Å². The Hall–Kier alpha value is -3.93. The van der Waals surface area contributed by atoms with Crippen LogP contribution in [0.25, 0.3) is 10.9 Å². The van der Waals surface area contributed by atoms with Crippen molar-refractivity contribution in [1.82, 2.24) is 20.5 Å². The number of carboxylic acids is 2. The molecule has 12 heteroatoms. The monoisotopic (exact) mass is 501 g/mol. The maximum Gasteiger partial charge on any atom is 0.326 e. The van der Waals surface area contributed by atoms with Crippen molar-refractivity contribution < 1.29 is 34.2 Å². The number of hydrogen-bond donors (Lipinski definition) is 6. The molecule has 2 aromatic rings. The van der Waals surface area contributed by atoms with Gasteiger partial charge in [0, 0.05) is 36.5 Å². The molecule has 0 spiro atoms. The molecule has 3 rings (SSSR count). The molecule has 1 saturated heterocycles. The molecule has 4 unspecified atom stereocenters. The van der Waals surface area contributed by atoms with Crippen LogP contribution in [0, 0.1) is 0 Å². The number of nitrogens with zero attached hydrogens (tertiary/aromatic N) is 1. The number of rotatable bonds is 11. The van der Waals surface area contributed by atoms with E-state index in [1.165, 1.54) is 11.8 Å². The van der Waals surface area contributed by atoms with E-state index in [4.69, 9.17) is 10.8 Å². The van der Waals surface area contributed by atoms with Crippen molar-refractivity contribution in [1.29, 1.82) is 0 Å². The van der Waals surface area contributed by atoms with E-state index in [2.05, 4.69) is 15.6 Å². The van der Waals surface area contributed by atoms with Crippen LogP contribution in [0.3, 0.4) is 0 Å². The minimum Gasteiger partial charge on any atom is -0.481 e. The molecule has 2 heterocycles. The normalized spacial score (nSPS) is 17.8. The van der Waals surface area contributed by atoms with Gasteiger partial charge in [0.2, 0.25) is 17.7 Å². The predicted octanol–water partition coefficient (Wildman–Crippen LogP) is -0.0324. The summed E-state index contributed by atoms with van der Waals surface area (Å²) in [5, 5.41) is 24.3. The number of benzene rings is 1. The summed E-state index contributed by atoms with van der Waals surface area (Å²) in [6.07, 6.45) is 2.36. The van der Waals surface area contributed by atoms with Crippen molar-refractivity contribution in [2.24, 2.45) is 5.73 Å². The van der Waals surface area contributed by atoms with E-state index in [9.17, 15) is 29.1 Å². The highest BCUT2D eigenvalue weighted by atomic mass is 16.4. The van der Waals surface area contributed by atoms with Gasteiger partial charge in [-0.1, -0.05) is 18.2 Å². The number of nitrogens with two attached hydrogens (primary N) is 1. The standard InChI is InChI=1S/C24H31N5O7/c1-13(27-22(33)19-7-4-10-29(19)23(34)16(25)8-9-20(30)31)21(32)28-18(24(35)36)11-14-12-26-17-6-3-2-5-15(14)17/h2-3,5-6,12-13,16,18-19,26H,4,7-11,25H2,1H3,(H,27,33)(H,28,32)(H,30,31)(H,35,36). The first-order chi connectivity index (χ1) is 17.1. The van der Waals surface area contributed by atoms with Gasteiger partial charge >= 0.3 is 11.9 Å². The van der Waals surface area contributed by atoms with Gasteiger partial charge in [-0.3, -0.25) is 19.2 Å². The molecule has 0 bridgehead atoms. The molecular formula is C24H31N5O7. The maximum atomic E-state index is 12.8. The minimum absolute atomic E-state index is 0.0465. The number of aliphatic carboxylic acids is 2. The maximum absolute atomic E-state index is 12.8. The summed E-state index contributed by atoms with van der Waals surface area (Å²) in [4.78, 5) is 65.2. The van der Waals surface area contributed by atoms with Crippen molar-refractivity contribution in [3.05, 3.63) is 36.0 Å². The molecule has 12 nitrogen and oxygen atoms in total. The van der Waals surface area contributed by atoms with E-state index in [1.807, 2.05) is 24.3 Å². The van der Waals surface area contributed by atoms with Crippen molar-refractivity contribution in [3.8, 4) is 0 Å². The number of carbonyl (C=O) groups excluding carboxylic acids is 3. The number of carbonyl (C=O) groups is 5. The van der Waals surface area contributed by atoms with Crippen LogP contribution < -0.4 is 16.4 Å². The molecule has 0 saturated carbocycles. The molecule has 1 aliphatic heterocycles. The summed E-state index contributed by atoms with van der Waals surface area (Å²) in [6.45, 7) is 1.72. The first-order valence-corrected chi connectivity index (χ1v) is 11.7. The molecule has 3 amide bonds. The van der Waals surface area contributed by atoms with Crippen molar-refractivity contribution in [2.75, 3.05) is 6.54 Å². The van der Waals surface area contributed by atoms with Crippen LogP contribution in [0.5, 0.6) is 0 Å². The molecule has 4 atom stereocenters. The number of likely N-dealkylation sites (tertiary alicyclic amines) is 1. The second-order valence-electron chi connectivity index (χ2n) is 8.92. The van der Waals surface area contributed by atoms with Crippen LogP contribution in [0.4, 0.5) is 0 Å². The lowest BCUT2D eigenvalue weighted by Gasteiger charge is -2.27. The zero-order valence-electron chi connectivity index (χ0n) is 19.9. The number of nitrogens with one attached hydrogen (secondary N) is 3. The first kappa shape index (κ1) is 26.7. The molecule has 7 N–H and O–H groups in total. The van der Waals surface area contributed by atoms with Gasteiger partial charge in [0.05, 0.1) is 6.04 Å². The van der Waals surface area contributed by atoms with Crippen LogP contribution in [-0.4, -0.2) is 80.5 Å². The quantitative estimate of drug-likeness (QED) is 0.247. The molecule has 36 heavy (non-hydrogen) atoms. The summed E-state index contributed by atoms with van der Waals surface area (Å²) in [5.41, 5.74) is 7.40. The number of H-pyrrole nitrogens is 1. The van der Waals surface area contributed by atoms with E-state index in [1.54, 1.807) is 6.20 Å². The van der Waals surface area contributed by atoms with Crippen molar-refractivity contribution >= 4 is 40.6 Å². The van der Waals surface area contributed by atoms with E-state index < -0.39 is 53.8 Å². The molecule has 1 fully saturated rings. The Balaban J connectivity index is 1.59. The average molecular weight is 502 g/mol.